The summed E-state index contributed by atoms with van der Waals surface area (Å²) in [7, 11) is 0. The van der Waals surface area contributed by atoms with Crippen LogP contribution in [0.4, 0.5) is 0 Å². The van der Waals surface area contributed by atoms with E-state index in [1.807, 2.05) is 30.3 Å². The first-order valence-electron chi connectivity index (χ1n) is 21.5. The summed E-state index contributed by atoms with van der Waals surface area (Å²) in [5.74, 6) is 1.83. The first kappa shape index (κ1) is 35.5. The van der Waals surface area contributed by atoms with Gasteiger partial charge in [0.1, 0.15) is 11.2 Å². The molecular formula is C57H41N3O. The van der Waals surface area contributed by atoms with Gasteiger partial charge in [-0.05, 0) is 92.7 Å². The fourth-order valence-electron chi connectivity index (χ4n) is 10.2. The van der Waals surface area contributed by atoms with Crippen LogP contribution < -0.4 is 0 Å². The van der Waals surface area contributed by atoms with Crippen molar-refractivity contribution in [3.63, 3.8) is 0 Å². The Balaban J connectivity index is 0.901. The molecule has 12 rings (SSSR count). The maximum atomic E-state index is 6.28. The van der Waals surface area contributed by atoms with Crippen LogP contribution in [0.1, 0.15) is 43.2 Å². The number of aromatic nitrogens is 3. The number of nitrogens with zero attached hydrogens (tertiary/aromatic N) is 3. The van der Waals surface area contributed by atoms with Gasteiger partial charge in [-0.2, -0.15) is 0 Å². The van der Waals surface area contributed by atoms with Gasteiger partial charge in [-0.3, -0.25) is 0 Å². The minimum atomic E-state index is 0.149. The number of benzene rings is 8. The molecule has 0 saturated heterocycles. The SMILES string of the molecule is c1ccc(-c2cccc(-c3nc(-c4ccc(-c5ccc(-c6cccc7c6-c6ccccc6C76CCCCC6)cc5)cc4)nc(-c4ccc5c(c4)oc4ccccc45)n3)c2)cc1. The number of hydrogen-bond donors (Lipinski definition) is 0. The third kappa shape index (κ3) is 6.01. The molecule has 10 aromatic rings. The van der Waals surface area contributed by atoms with E-state index >= 15 is 0 Å². The summed E-state index contributed by atoms with van der Waals surface area (Å²) >= 11 is 0. The Morgan fingerprint density at radius 2 is 0.869 bits per heavy atom. The molecule has 2 aliphatic carbocycles. The van der Waals surface area contributed by atoms with E-state index < -0.39 is 0 Å². The van der Waals surface area contributed by atoms with Gasteiger partial charge in [0, 0.05) is 32.9 Å². The van der Waals surface area contributed by atoms with Gasteiger partial charge in [0.15, 0.2) is 17.5 Å². The van der Waals surface area contributed by atoms with E-state index in [-0.39, 0.29) is 5.41 Å². The van der Waals surface area contributed by atoms with Gasteiger partial charge in [0.25, 0.3) is 0 Å². The number of furan rings is 1. The third-order valence-corrected chi connectivity index (χ3v) is 13.2. The molecule has 0 atom stereocenters. The smallest absolute Gasteiger partial charge is 0.164 e. The highest BCUT2D eigenvalue weighted by molar-refractivity contribution is 6.05. The van der Waals surface area contributed by atoms with Crippen LogP contribution in [0.5, 0.6) is 0 Å². The van der Waals surface area contributed by atoms with Gasteiger partial charge in [-0.1, -0.05) is 183 Å². The number of para-hydroxylation sites is 1. The summed E-state index contributed by atoms with van der Waals surface area (Å²) in [6, 6.07) is 67.1. The summed E-state index contributed by atoms with van der Waals surface area (Å²) in [5.41, 5.74) is 17.6. The van der Waals surface area contributed by atoms with Crippen molar-refractivity contribution in [3.05, 3.63) is 199 Å². The summed E-state index contributed by atoms with van der Waals surface area (Å²) in [4.78, 5) is 15.3. The third-order valence-electron chi connectivity index (χ3n) is 13.2. The highest BCUT2D eigenvalue weighted by Crippen LogP contribution is 2.57. The standard InChI is InChI=1S/C57H41N3O/c1-3-13-37(14-4-1)42-15-11-16-43(35-42)55-58-54(59-56(60-55)44-31-32-47-46-17-6-8-22-51(46)61-52(47)36-44)41-29-25-39(26-30-41)38-23-27-40(28-24-38)45-19-12-21-50-53(45)48-18-5-7-20-49(48)57(50)33-9-2-10-34-57/h1,3-8,11-32,35-36H,2,9-10,33-34H2. The van der Waals surface area contributed by atoms with Crippen molar-refractivity contribution < 1.29 is 4.42 Å². The van der Waals surface area contributed by atoms with Crippen molar-refractivity contribution >= 4 is 21.9 Å². The summed E-state index contributed by atoms with van der Waals surface area (Å²) in [5, 5.41) is 2.16. The Hall–Kier alpha value is -7.43. The topological polar surface area (TPSA) is 51.8 Å². The van der Waals surface area contributed by atoms with Crippen molar-refractivity contribution in [3.8, 4) is 78.7 Å². The largest absolute Gasteiger partial charge is 0.456 e. The predicted molar refractivity (Wildman–Crippen MR) is 249 cm³/mol. The minimum Gasteiger partial charge on any atom is -0.456 e. The minimum absolute atomic E-state index is 0.149. The number of fused-ring (bicyclic) bond motifs is 8. The van der Waals surface area contributed by atoms with Crippen LogP contribution in [-0.2, 0) is 5.41 Å². The van der Waals surface area contributed by atoms with Crippen LogP contribution in [0.3, 0.4) is 0 Å². The molecule has 0 bridgehead atoms. The molecule has 0 radical (unpaired) electrons. The Morgan fingerprint density at radius 1 is 0.344 bits per heavy atom. The molecule has 8 aromatic carbocycles. The highest BCUT2D eigenvalue weighted by atomic mass is 16.3. The van der Waals surface area contributed by atoms with E-state index in [9.17, 15) is 0 Å². The van der Waals surface area contributed by atoms with Crippen LogP contribution in [0.2, 0.25) is 0 Å². The van der Waals surface area contributed by atoms with E-state index in [0.717, 1.165) is 55.3 Å². The molecule has 0 amide bonds. The first-order chi connectivity index (χ1) is 30.2. The van der Waals surface area contributed by atoms with Gasteiger partial charge >= 0.3 is 0 Å². The van der Waals surface area contributed by atoms with Crippen molar-refractivity contribution in [1.29, 1.82) is 0 Å². The lowest BCUT2D eigenvalue weighted by atomic mass is 9.68. The molecule has 2 aromatic heterocycles. The maximum Gasteiger partial charge on any atom is 0.164 e. The lowest BCUT2D eigenvalue weighted by Crippen LogP contribution is -2.27. The van der Waals surface area contributed by atoms with Crippen molar-refractivity contribution in [2.75, 3.05) is 0 Å². The van der Waals surface area contributed by atoms with E-state index in [2.05, 4.69) is 158 Å². The molecule has 1 fully saturated rings. The zero-order valence-corrected chi connectivity index (χ0v) is 33.7. The molecule has 61 heavy (non-hydrogen) atoms. The molecule has 4 heteroatoms. The molecule has 290 valence electrons. The molecule has 0 unspecified atom stereocenters. The number of hydrogen-bond acceptors (Lipinski definition) is 4. The van der Waals surface area contributed by atoms with Crippen molar-refractivity contribution in [2.24, 2.45) is 0 Å². The van der Waals surface area contributed by atoms with Gasteiger partial charge in [0.05, 0.1) is 0 Å². The first-order valence-corrected chi connectivity index (χ1v) is 21.5. The lowest BCUT2D eigenvalue weighted by Gasteiger charge is -2.36. The highest BCUT2D eigenvalue weighted by Gasteiger charge is 2.44. The Bertz CT molecular complexity index is 3270. The summed E-state index contributed by atoms with van der Waals surface area (Å²) in [6.07, 6.45) is 6.40. The van der Waals surface area contributed by atoms with E-state index in [4.69, 9.17) is 19.4 Å². The monoisotopic (exact) mass is 783 g/mol. The average Bonchev–Trinajstić information content (AvgIpc) is 3.85. The van der Waals surface area contributed by atoms with Gasteiger partial charge in [-0.15, -0.1) is 0 Å². The average molecular weight is 784 g/mol. The Labute approximate surface area is 355 Å². The molecular weight excluding hydrogens is 743 g/mol. The fraction of sp³-hybridized carbons (Fsp3) is 0.105. The van der Waals surface area contributed by atoms with Crippen LogP contribution >= 0.6 is 0 Å². The Morgan fingerprint density at radius 3 is 1.66 bits per heavy atom. The second kappa shape index (κ2) is 14.4. The van der Waals surface area contributed by atoms with E-state index in [1.54, 1.807) is 0 Å². The second-order valence-electron chi connectivity index (χ2n) is 16.6. The van der Waals surface area contributed by atoms with Crippen molar-refractivity contribution in [2.45, 2.75) is 37.5 Å². The summed E-state index contributed by atoms with van der Waals surface area (Å²) in [6.45, 7) is 0. The van der Waals surface area contributed by atoms with Gasteiger partial charge < -0.3 is 4.42 Å². The molecule has 0 N–H and O–H groups in total. The van der Waals surface area contributed by atoms with Crippen molar-refractivity contribution in [1.82, 2.24) is 15.0 Å². The van der Waals surface area contributed by atoms with Crippen LogP contribution in [0.15, 0.2) is 192 Å². The molecule has 1 spiro atoms. The Kier molecular flexibility index (Phi) is 8.38. The van der Waals surface area contributed by atoms with Gasteiger partial charge in [0.2, 0.25) is 0 Å². The fourth-order valence-corrected chi connectivity index (χ4v) is 10.2. The van der Waals surface area contributed by atoms with Crippen LogP contribution in [0, 0.1) is 0 Å². The van der Waals surface area contributed by atoms with E-state index in [0.29, 0.717) is 17.5 Å². The molecule has 2 heterocycles. The molecule has 0 aliphatic heterocycles. The van der Waals surface area contributed by atoms with Crippen LogP contribution in [-0.4, -0.2) is 15.0 Å². The maximum absolute atomic E-state index is 6.28. The predicted octanol–water partition coefficient (Wildman–Crippen LogP) is 15.0. The second-order valence-corrected chi connectivity index (χ2v) is 16.6. The van der Waals surface area contributed by atoms with E-state index in [1.165, 1.54) is 71.0 Å². The normalized spacial score (nSPS) is 14.0. The van der Waals surface area contributed by atoms with Crippen LogP contribution in [0.25, 0.3) is 101 Å². The molecule has 1 saturated carbocycles. The lowest BCUT2D eigenvalue weighted by molar-refractivity contribution is 0.353. The quantitative estimate of drug-likeness (QED) is 0.169. The van der Waals surface area contributed by atoms with Gasteiger partial charge in [-0.25, -0.2) is 15.0 Å². The summed E-state index contributed by atoms with van der Waals surface area (Å²) < 4.78 is 6.28. The zero-order valence-electron chi connectivity index (χ0n) is 33.7. The molecule has 4 nitrogen and oxygen atoms in total. The zero-order chi connectivity index (χ0) is 40.3. The number of rotatable bonds is 6. The molecule has 2 aliphatic rings.